The van der Waals surface area contributed by atoms with Gasteiger partial charge in [-0.1, -0.05) is 19.1 Å². The summed E-state index contributed by atoms with van der Waals surface area (Å²) < 4.78 is 5.69. The highest BCUT2D eigenvalue weighted by Gasteiger charge is 2.24. The molecule has 1 aromatic heterocycles. The highest BCUT2D eigenvalue weighted by molar-refractivity contribution is 5.78. The number of aromatic nitrogens is 2. The van der Waals surface area contributed by atoms with E-state index < -0.39 is 0 Å². The normalized spacial score (nSPS) is 19.3. The van der Waals surface area contributed by atoms with Crippen LogP contribution in [0.5, 0.6) is 5.75 Å². The average Bonchev–Trinajstić information content (AvgIpc) is 3.34. The Kier molecular flexibility index (Phi) is 7.25. The van der Waals surface area contributed by atoms with Gasteiger partial charge in [0.1, 0.15) is 11.6 Å². The zero-order valence-corrected chi connectivity index (χ0v) is 19.2. The predicted molar refractivity (Wildman–Crippen MR) is 124 cm³/mol. The van der Waals surface area contributed by atoms with Gasteiger partial charge in [-0.2, -0.15) is 0 Å². The second-order valence-corrected chi connectivity index (χ2v) is 8.96. The van der Waals surface area contributed by atoms with Gasteiger partial charge in [0.2, 0.25) is 0 Å². The van der Waals surface area contributed by atoms with E-state index in [4.69, 9.17) is 9.72 Å². The molecule has 2 aromatic rings. The Morgan fingerprint density at radius 2 is 1.91 bits per heavy atom. The molecule has 172 valence electrons. The number of likely N-dealkylation sites (tertiary alicyclic amines) is 2. The van der Waals surface area contributed by atoms with Crippen LogP contribution in [0.1, 0.15) is 61.2 Å². The molecule has 0 aliphatic carbocycles. The standard InChI is InChI=1S/C25H34N4O3/c1-3-22-18(2)26-24(27-25(22)31)20-7-6-12-28(16-20)15-19-8-10-21(11-9-19)32-17-23(30)29-13-4-5-14-29/h8-11,20H,3-7,12-17H2,1-2H3,(H,26,27,31)/t20-/m0/s1. The zero-order valence-electron chi connectivity index (χ0n) is 19.2. The van der Waals surface area contributed by atoms with E-state index in [1.54, 1.807) is 0 Å². The molecule has 0 bridgehead atoms. The molecule has 1 atom stereocenters. The number of amides is 1. The van der Waals surface area contributed by atoms with Gasteiger partial charge < -0.3 is 14.6 Å². The lowest BCUT2D eigenvalue weighted by molar-refractivity contribution is -0.132. The van der Waals surface area contributed by atoms with Crippen molar-refractivity contribution in [3.63, 3.8) is 0 Å². The summed E-state index contributed by atoms with van der Waals surface area (Å²) in [6, 6.07) is 8.03. The van der Waals surface area contributed by atoms with Gasteiger partial charge in [0.25, 0.3) is 11.5 Å². The van der Waals surface area contributed by atoms with Crippen LogP contribution in [0.15, 0.2) is 29.1 Å². The first-order valence-corrected chi connectivity index (χ1v) is 11.8. The molecule has 2 fully saturated rings. The van der Waals surface area contributed by atoms with Crippen LogP contribution in [0.2, 0.25) is 0 Å². The molecular formula is C25H34N4O3. The van der Waals surface area contributed by atoms with Crippen molar-refractivity contribution in [2.75, 3.05) is 32.8 Å². The van der Waals surface area contributed by atoms with Crippen LogP contribution in [-0.2, 0) is 17.8 Å². The number of nitrogens with one attached hydrogen (secondary N) is 1. The molecule has 2 aliphatic rings. The number of piperidine rings is 1. The monoisotopic (exact) mass is 438 g/mol. The molecule has 4 rings (SSSR count). The Labute approximate surface area is 189 Å². The zero-order chi connectivity index (χ0) is 22.5. The van der Waals surface area contributed by atoms with Crippen LogP contribution in [0.25, 0.3) is 0 Å². The summed E-state index contributed by atoms with van der Waals surface area (Å²) in [5, 5.41) is 0. The van der Waals surface area contributed by atoms with Crippen molar-refractivity contribution in [2.45, 2.75) is 58.4 Å². The first-order valence-electron chi connectivity index (χ1n) is 11.8. The Balaban J connectivity index is 1.32. The fourth-order valence-electron chi connectivity index (χ4n) is 4.82. The summed E-state index contributed by atoms with van der Waals surface area (Å²) in [6.07, 6.45) is 5.02. The largest absolute Gasteiger partial charge is 0.484 e. The number of aromatic amines is 1. The number of aryl methyl sites for hydroxylation is 1. The van der Waals surface area contributed by atoms with Gasteiger partial charge in [0.05, 0.1) is 0 Å². The fraction of sp³-hybridized carbons (Fsp3) is 0.560. The third kappa shape index (κ3) is 5.38. The van der Waals surface area contributed by atoms with Crippen molar-refractivity contribution in [1.29, 1.82) is 0 Å². The molecule has 0 radical (unpaired) electrons. The number of carbonyl (C=O) groups is 1. The molecule has 1 aromatic carbocycles. The average molecular weight is 439 g/mol. The predicted octanol–water partition coefficient (Wildman–Crippen LogP) is 3.02. The Bertz CT molecular complexity index is 980. The minimum atomic E-state index is 0.00549. The summed E-state index contributed by atoms with van der Waals surface area (Å²) in [7, 11) is 0. The smallest absolute Gasteiger partial charge is 0.260 e. The molecule has 0 saturated carbocycles. The molecular weight excluding hydrogens is 404 g/mol. The van der Waals surface area contributed by atoms with Gasteiger partial charge in [-0.15, -0.1) is 0 Å². The number of benzene rings is 1. The van der Waals surface area contributed by atoms with E-state index in [2.05, 4.69) is 22.0 Å². The van der Waals surface area contributed by atoms with Crippen LogP contribution >= 0.6 is 0 Å². The van der Waals surface area contributed by atoms with Crippen LogP contribution in [0.3, 0.4) is 0 Å². The molecule has 2 aliphatic heterocycles. The molecule has 3 heterocycles. The molecule has 1 N–H and O–H groups in total. The molecule has 7 nitrogen and oxygen atoms in total. The SMILES string of the molecule is CCc1c(C)nc([C@H]2CCCN(Cc3ccc(OCC(=O)N4CCCC4)cc3)C2)[nH]c1=O. The number of H-pyrrole nitrogens is 1. The molecule has 32 heavy (non-hydrogen) atoms. The van der Waals surface area contributed by atoms with E-state index in [-0.39, 0.29) is 24.0 Å². The highest BCUT2D eigenvalue weighted by Crippen LogP contribution is 2.26. The number of nitrogens with zero attached hydrogens (tertiary/aromatic N) is 3. The van der Waals surface area contributed by atoms with Gasteiger partial charge in [0.15, 0.2) is 6.61 Å². The van der Waals surface area contributed by atoms with E-state index in [9.17, 15) is 9.59 Å². The summed E-state index contributed by atoms with van der Waals surface area (Å²) >= 11 is 0. The van der Waals surface area contributed by atoms with Gasteiger partial charge in [0, 0.05) is 43.4 Å². The maximum absolute atomic E-state index is 12.4. The fourth-order valence-corrected chi connectivity index (χ4v) is 4.82. The van der Waals surface area contributed by atoms with Crippen LogP contribution in [0, 0.1) is 6.92 Å². The topological polar surface area (TPSA) is 78.5 Å². The summed E-state index contributed by atoms with van der Waals surface area (Å²) in [5.41, 5.74) is 2.85. The van der Waals surface area contributed by atoms with E-state index in [0.717, 1.165) is 81.2 Å². The minimum Gasteiger partial charge on any atom is -0.484 e. The Morgan fingerprint density at radius 3 is 2.59 bits per heavy atom. The third-order valence-electron chi connectivity index (χ3n) is 6.64. The van der Waals surface area contributed by atoms with E-state index in [1.165, 1.54) is 5.56 Å². The van der Waals surface area contributed by atoms with Gasteiger partial charge in [-0.3, -0.25) is 14.5 Å². The number of hydrogen-bond donors (Lipinski definition) is 1. The molecule has 0 unspecified atom stereocenters. The van der Waals surface area contributed by atoms with E-state index in [0.29, 0.717) is 6.42 Å². The van der Waals surface area contributed by atoms with Gasteiger partial charge in [-0.25, -0.2) is 4.98 Å². The number of rotatable bonds is 7. The van der Waals surface area contributed by atoms with Crippen molar-refractivity contribution in [1.82, 2.24) is 19.8 Å². The maximum atomic E-state index is 12.4. The first-order chi connectivity index (χ1) is 15.5. The Morgan fingerprint density at radius 1 is 1.16 bits per heavy atom. The molecule has 0 spiro atoms. The van der Waals surface area contributed by atoms with Crippen molar-refractivity contribution in [3.8, 4) is 5.75 Å². The van der Waals surface area contributed by atoms with Crippen LogP contribution in [-0.4, -0.2) is 58.5 Å². The highest BCUT2D eigenvalue weighted by atomic mass is 16.5. The van der Waals surface area contributed by atoms with Crippen molar-refractivity contribution >= 4 is 5.91 Å². The molecule has 2 saturated heterocycles. The lowest BCUT2D eigenvalue weighted by atomic mass is 9.96. The number of carbonyl (C=O) groups excluding carboxylic acids is 1. The summed E-state index contributed by atoms with van der Waals surface area (Å²) in [6.45, 7) is 8.50. The van der Waals surface area contributed by atoms with E-state index in [1.807, 2.05) is 30.9 Å². The van der Waals surface area contributed by atoms with Crippen molar-refractivity contribution < 1.29 is 9.53 Å². The van der Waals surface area contributed by atoms with Crippen LogP contribution < -0.4 is 10.3 Å². The second-order valence-electron chi connectivity index (χ2n) is 8.96. The van der Waals surface area contributed by atoms with Crippen molar-refractivity contribution in [2.24, 2.45) is 0 Å². The summed E-state index contributed by atoms with van der Waals surface area (Å²) in [5.74, 6) is 1.87. The maximum Gasteiger partial charge on any atom is 0.260 e. The lowest BCUT2D eigenvalue weighted by Gasteiger charge is -2.32. The molecule has 7 heteroatoms. The van der Waals surface area contributed by atoms with Gasteiger partial charge in [-0.05, 0) is 63.3 Å². The van der Waals surface area contributed by atoms with E-state index >= 15 is 0 Å². The minimum absolute atomic E-state index is 0.00549. The molecule has 1 amide bonds. The van der Waals surface area contributed by atoms with Crippen molar-refractivity contribution in [3.05, 3.63) is 57.3 Å². The lowest BCUT2D eigenvalue weighted by Crippen LogP contribution is -2.35. The number of hydrogen-bond acceptors (Lipinski definition) is 5. The second kappa shape index (κ2) is 10.3. The quantitative estimate of drug-likeness (QED) is 0.719. The Hall–Kier alpha value is -2.67. The first kappa shape index (κ1) is 22.5. The summed E-state index contributed by atoms with van der Waals surface area (Å²) in [4.78, 5) is 36.5. The third-order valence-corrected chi connectivity index (χ3v) is 6.64. The van der Waals surface area contributed by atoms with Crippen LogP contribution in [0.4, 0.5) is 0 Å². The number of ether oxygens (including phenoxy) is 1. The van der Waals surface area contributed by atoms with Gasteiger partial charge >= 0.3 is 0 Å².